The molecule has 1 fully saturated rings. The maximum atomic E-state index is 5.88. The molecule has 1 aliphatic heterocycles. The Bertz CT molecular complexity index is 326. The lowest BCUT2D eigenvalue weighted by Gasteiger charge is -2.35. The zero-order chi connectivity index (χ0) is 11.5. The van der Waals surface area contributed by atoms with E-state index in [1.807, 2.05) is 13.0 Å². The van der Waals surface area contributed by atoms with E-state index < -0.39 is 0 Å². The molecule has 16 heavy (non-hydrogen) atoms. The van der Waals surface area contributed by atoms with Crippen LogP contribution in [0.1, 0.15) is 37.3 Å². The highest BCUT2D eigenvalue weighted by Crippen LogP contribution is 2.26. The molecule has 1 aromatic heterocycles. The average molecular weight is 222 g/mol. The summed E-state index contributed by atoms with van der Waals surface area (Å²) in [6.07, 6.45) is 2.55. The molecule has 0 aromatic carbocycles. The quantitative estimate of drug-likeness (QED) is 0.853. The van der Waals surface area contributed by atoms with Gasteiger partial charge in [-0.2, -0.15) is 0 Å². The lowest BCUT2D eigenvalue weighted by molar-refractivity contribution is 0.126. The van der Waals surface area contributed by atoms with E-state index in [2.05, 4.69) is 17.9 Å². The monoisotopic (exact) mass is 222 g/mol. The second-order valence-corrected chi connectivity index (χ2v) is 4.92. The third-order valence-electron chi connectivity index (χ3n) is 3.57. The van der Waals surface area contributed by atoms with Crippen molar-refractivity contribution in [3.63, 3.8) is 0 Å². The number of nitrogens with two attached hydrogens (primary N) is 1. The fourth-order valence-corrected chi connectivity index (χ4v) is 2.42. The summed E-state index contributed by atoms with van der Waals surface area (Å²) in [5.74, 6) is 2.85. The molecule has 1 saturated heterocycles. The molecule has 90 valence electrons. The summed E-state index contributed by atoms with van der Waals surface area (Å²) in [7, 11) is 0. The zero-order valence-corrected chi connectivity index (χ0v) is 10.3. The van der Waals surface area contributed by atoms with Crippen molar-refractivity contribution >= 4 is 0 Å². The second-order valence-electron chi connectivity index (χ2n) is 4.92. The first-order chi connectivity index (χ1) is 7.70. The van der Waals surface area contributed by atoms with Crippen molar-refractivity contribution in [1.29, 1.82) is 0 Å². The Morgan fingerprint density at radius 3 is 2.62 bits per heavy atom. The summed E-state index contributed by atoms with van der Waals surface area (Å²) in [6, 6.07) is 4.34. The van der Waals surface area contributed by atoms with Crippen LogP contribution in [0.4, 0.5) is 0 Å². The van der Waals surface area contributed by atoms with Gasteiger partial charge in [-0.3, -0.25) is 4.90 Å². The average Bonchev–Trinajstić information content (AvgIpc) is 2.69. The van der Waals surface area contributed by atoms with Crippen LogP contribution in [-0.4, -0.2) is 24.5 Å². The van der Waals surface area contributed by atoms with Gasteiger partial charge in [-0.15, -0.1) is 0 Å². The summed E-state index contributed by atoms with van der Waals surface area (Å²) in [6.45, 7) is 7.23. The number of hydrogen-bond donors (Lipinski definition) is 1. The first kappa shape index (κ1) is 11.7. The van der Waals surface area contributed by atoms with Gasteiger partial charge in [0.05, 0.1) is 6.04 Å². The Labute approximate surface area is 97.6 Å². The molecule has 3 nitrogen and oxygen atoms in total. The van der Waals surface area contributed by atoms with Crippen LogP contribution in [0, 0.1) is 12.8 Å². The van der Waals surface area contributed by atoms with Crippen LogP contribution in [0.25, 0.3) is 0 Å². The van der Waals surface area contributed by atoms with Crippen molar-refractivity contribution in [2.24, 2.45) is 11.7 Å². The van der Waals surface area contributed by atoms with Gasteiger partial charge in [0.15, 0.2) is 0 Å². The summed E-state index contributed by atoms with van der Waals surface area (Å²) < 4.78 is 5.69. The largest absolute Gasteiger partial charge is 0.465 e. The minimum absolute atomic E-state index is 0.265. The fourth-order valence-electron chi connectivity index (χ4n) is 2.42. The van der Waals surface area contributed by atoms with Crippen molar-refractivity contribution in [3.8, 4) is 0 Å². The van der Waals surface area contributed by atoms with Crippen LogP contribution in [0.15, 0.2) is 16.5 Å². The predicted molar refractivity (Wildman–Crippen MR) is 65.2 cm³/mol. The van der Waals surface area contributed by atoms with E-state index in [9.17, 15) is 0 Å². The first-order valence-corrected chi connectivity index (χ1v) is 6.21. The maximum Gasteiger partial charge on any atom is 0.122 e. The minimum Gasteiger partial charge on any atom is -0.465 e. The molecule has 0 radical (unpaired) electrons. The van der Waals surface area contributed by atoms with Crippen LogP contribution >= 0.6 is 0 Å². The van der Waals surface area contributed by atoms with Gasteiger partial charge < -0.3 is 10.2 Å². The molecule has 1 aliphatic rings. The van der Waals surface area contributed by atoms with E-state index in [1.165, 1.54) is 12.8 Å². The van der Waals surface area contributed by atoms with Gasteiger partial charge in [0.25, 0.3) is 0 Å². The molecule has 2 heterocycles. The number of likely N-dealkylation sites (tertiary alicyclic amines) is 1. The molecule has 1 atom stereocenters. The smallest absolute Gasteiger partial charge is 0.122 e. The van der Waals surface area contributed by atoms with Crippen molar-refractivity contribution in [3.05, 3.63) is 23.7 Å². The Morgan fingerprint density at radius 1 is 1.44 bits per heavy atom. The fraction of sp³-hybridized carbons (Fsp3) is 0.692. The predicted octanol–water partition coefficient (Wildman–Crippen LogP) is 2.32. The van der Waals surface area contributed by atoms with Gasteiger partial charge in [-0.1, -0.05) is 6.92 Å². The molecule has 0 saturated carbocycles. The third-order valence-corrected chi connectivity index (χ3v) is 3.57. The van der Waals surface area contributed by atoms with E-state index in [-0.39, 0.29) is 6.04 Å². The number of furan rings is 1. The van der Waals surface area contributed by atoms with Crippen molar-refractivity contribution < 1.29 is 4.42 Å². The second kappa shape index (κ2) is 5.02. The van der Waals surface area contributed by atoms with Gasteiger partial charge in [0.2, 0.25) is 0 Å². The van der Waals surface area contributed by atoms with E-state index in [4.69, 9.17) is 10.2 Å². The number of aryl methyl sites for hydroxylation is 1. The molecule has 1 unspecified atom stereocenters. The van der Waals surface area contributed by atoms with Crippen molar-refractivity contribution in [2.45, 2.75) is 32.7 Å². The summed E-state index contributed by atoms with van der Waals surface area (Å²) >= 11 is 0. The molecule has 1 aromatic rings. The van der Waals surface area contributed by atoms with Gasteiger partial charge in [0, 0.05) is 6.54 Å². The van der Waals surface area contributed by atoms with Crippen LogP contribution < -0.4 is 5.73 Å². The Morgan fingerprint density at radius 2 is 2.12 bits per heavy atom. The highest BCUT2D eigenvalue weighted by molar-refractivity contribution is 5.10. The molecule has 3 heteroatoms. The first-order valence-electron chi connectivity index (χ1n) is 6.21. The molecular weight excluding hydrogens is 200 g/mol. The van der Waals surface area contributed by atoms with Gasteiger partial charge in [0.1, 0.15) is 11.5 Å². The van der Waals surface area contributed by atoms with Crippen molar-refractivity contribution in [2.75, 3.05) is 19.6 Å². The number of hydrogen-bond acceptors (Lipinski definition) is 3. The van der Waals surface area contributed by atoms with Gasteiger partial charge >= 0.3 is 0 Å². The molecule has 2 rings (SSSR count). The topological polar surface area (TPSA) is 42.4 Å². The maximum absolute atomic E-state index is 5.88. The van der Waals surface area contributed by atoms with Crippen LogP contribution in [0.2, 0.25) is 0 Å². The van der Waals surface area contributed by atoms with Crippen molar-refractivity contribution in [1.82, 2.24) is 4.90 Å². The summed E-state index contributed by atoms with van der Waals surface area (Å²) in [5, 5.41) is 0. The number of nitrogens with zero attached hydrogens (tertiary/aromatic N) is 1. The molecule has 2 N–H and O–H groups in total. The standard InChI is InChI=1S/C13H22N2O/c1-10-5-7-15(8-6-10)12(9-14)13-4-3-11(2)16-13/h3-4,10,12H,5-9,14H2,1-2H3. The van der Waals surface area contributed by atoms with Crippen LogP contribution in [0.3, 0.4) is 0 Å². The molecule has 0 amide bonds. The third kappa shape index (κ3) is 2.47. The Kier molecular flexibility index (Phi) is 3.66. The van der Waals surface area contributed by atoms with Gasteiger partial charge in [-0.25, -0.2) is 0 Å². The number of rotatable bonds is 3. The van der Waals surface area contributed by atoms with E-state index >= 15 is 0 Å². The number of piperidine rings is 1. The Balaban J connectivity index is 2.05. The SMILES string of the molecule is Cc1ccc(C(CN)N2CCC(C)CC2)o1. The Hall–Kier alpha value is -0.800. The van der Waals surface area contributed by atoms with Crippen LogP contribution in [-0.2, 0) is 0 Å². The summed E-state index contributed by atoms with van der Waals surface area (Å²) in [5.41, 5.74) is 5.88. The van der Waals surface area contributed by atoms with E-state index in [0.717, 1.165) is 30.5 Å². The van der Waals surface area contributed by atoms with Gasteiger partial charge in [-0.05, 0) is 50.9 Å². The van der Waals surface area contributed by atoms with E-state index in [0.29, 0.717) is 6.54 Å². The molecule has 0 aliphatic carbocycles. The molecule has 0 spiro atoms. The summed E-state index contributed by atoms with van der Waals surface area (Å²) in [4.78, 5) is 2.46. The minimum atomic E-state index is 0.265. The van der Waals surface area contributed by atoms with Crippen LogP contribution in [0.5, 0.6) is 0 Å². The lowest BCUT2D eigenvalue weighted by Crippen LogP contribution is -2.39. The highest BCUT2D eigenvalue weighted by Gasteiger charge is 2.25. The molecular formula is C13H22N2O. The lowest BCUT2D eigenvalue weighted by atomic mass is 9.97. The zero-order valence-electron chi connectivity index (χ0n) is 10.3. The molecule has 0 bridgehead atoms. The van der Waals surface area contributed by atoms with E-state index in [1.54, 1.807) is 0 Å². The normalized spacial score (nSPS) is 21.2. The highest BCUT2D eigenvalue weighted by atomic mass is 16.3.